The molecule has 10 heteroatoms. The van der Waals surface area contributed by atoms with E-state index in [2.05, 4.69) is 0 Å². The van der Waals surface area contributed by atoms with Crippen LogP contribution in [-0.4, -0.2) is 58.0 Å². The molecule has 6 nitrogen and oxygen atoms in total. The number of aliphatic hydroxyl groups is 2. The van der Waals surface area contributed by atoms with Crippen molar-refractivity contribution in [3.8, 4) is 0 Å². The third kappa shape index (κ3) is 3.75. The fraction of sp³-hybridized carbons (Fsp3) is 0.529. The van der Waals surface area contributed by atoms with Crippen LogP contribution in [0, 0.1) is 35.4 Å². The summed E-state index contributed by atoms with van der Waals surface area (Å²) in [6, 6.07) is 7.76. The Labute approximate surface area is 257 Å². The first kappa shape index (κ1) is 30.0. The van der Waals surface area contributed by atoms with Crippen molar-refractivity contribution in [2.24, 2.45) is 22.7 Å². The van der Waals surface area contributed by atoms with Gasteiger partial charge in [-0.1, -0.05) is 42.8 Å². The number of hydrogen-bond donors (Lipinski definition) is 2. The highest BCUT2D eigenvalue weighted by molar-refractivity contribution is 7.10. The second-order valence-electron chi connectivity index (χ2n) is 13.6. The Hall–Kier alpha value is -2.63. The Morgan fingerprint density at radius 1 is 1.20 bits per heavy atom. The summed E-state index contributed by atoms with van der Waals surface area (Å²) in [5.41, 5.74) is -4.54. The molecule has 0 unspecified atom stereocenters. The Balaban J connectivity index is 1.25. The van der Waals surface area contributed by atoms with Crippen molar-refractivity contribution in [3.63, 3.8) is 0 Å². The molecular weight excluding hydrogens is 593 g/mol. The fourth-order valence-corrected chi connectivity index (χ4v) is 10.3. The quantitative estimate of drug-likeness (QED) is 0.459. The smallest absolute Gasteiger partial charge is 0.197 e. The van der Waals surface area contributed by atoms with Gasteiger partial charge in [0.2, 0.25) is 0 Å². The second-order valence-corrected chi connectivity index (χ2v) is 14.5. The van der Waals surface area contributed by atoms with E-state index in [0.29, 0.717) is 12.0 Å². The maximum Gasteiger partial charge on any atom is 0.197 e. The first-order chi connectivity index (χ1) is 20.8. The topological polar surface area (TPSA) is 93.1 Å². The van der Waals surface area contributed by atoms with E-state index in [-0.39, 0.29) is 29.7 Å². The van der Waals surface area contributed by atoms with Crippen LogP contribution in [0.25, 0.3) is 0 Å². The number of aryl methyl sites for hydroxylation is 1. The Morgan fingerprint density at radius 3 is 2.70 bits per heavy atom. The van der Waals surface area contributed by atoms with E-state index < -0.39 is 82.6 Å². The molecule has 1 aromatic heterocycles. The number of allylic oxidation sites excluding steroid dienone is 4. The zero-order valence-electron chi connectivity index (χ0n) is 24.7. The molecular formula is C34H35F3O6S. The molecule has 1 aliphatic heterocycles. The molecule has 2 N–H and O–H groups in total. The molecule has 0 spiro atoms. The summed E-state index contributed by atoms with van der Waals surface area (Å²) >= 11 is 1.11. The zero-order valence-corrected chi connectivity index (χ0v) is 25.5. The molecule has 10 atom stereocenters. The lowest BCUT2D eigenvalue weighted by Gasteiger charge is -2.63. The third-order valence-corrected chi connectivity index (χ3v) is 12.5. The maximum atomic E-state index is 17.5. The Bertz CT molecular complexity index is 1620. The SMILES string of the molecule is Cc1cccc(Cc2csc([C@@H]3O[C@@H]4C[C@H]5[C@@H]6C[C@H](F)C7=CC(=O)C=C[C@]7(C)[C@@]6(F)[C@@H](O)C[C@]5(C)[C@]4(C(=O)CO)O3)c2F)c1. The number of ketones is 2. The molecule has 0 amide bonds. The Morgan fingerprint density at radius 2 is 1.98 bits per heavy atom. The van der Waals surface area contributed by atoms with E-state index in [1.807, 2.05) is 31.2 Å². The van der Waals surface area contributed by atoms with Gasteiger partial charge >= 0.3 is 0 Å². The number of carbonyl (C=O) groups is 2. The number of alkyl halides is 2. The number of rotatable bonds is 5. The summed E-state index contributed by atoms with van der Waals surface area (Å²) in [5.74, 6) is -3.36. The van der Waals surface area contributed by atoms with Gasteiger partial charge in [-0.25, -0.2) is 13.2 Å². The van der Waals surface area contributed by atoms with E-state index >= 15 is 13.2 Å². The minimum absolute atomic E-state index is 0.00736. The summed E-state index contributed by atoms with van der Waals surface area (Å²) in [6.07, 6.45) is -1.92. The number of ether oxygens (including phenoxy) is 2. The number of thiophene rings is 1. The van der Waals surface area contributed by atoms with E-state index in [9.17, 15) is 19.8 Å². The minimum Gasteiger partial charge on any atom is -0.390 e. The monoisotopic (exact) mass is 628 g/mol. The zero-order chi connectivity index (χ0) is 31.4. The molecule has 5 aliphatic rings. The van der Waals surface area contributed by atoms with Gasteiger partial charge in [-0.05, 0) is 67.7 Å². The van der Waals surface area contributed by atoms with Crippen LogP contribution < -0.4 is 0 Å². The lowest BCUT2D eigenvalue weighted by Crippen LogP contribution is -2.70. The van der Waals surface area contributed by atoms with Crippen molar-refractivity contribution in [2.75, 3.05) is 6.61 Å². The van der Waals surface area contributed by atoms with Gasteiger partial charge in [-0.2, -0.15) is 0 Å². The van der Waals surface area contributed by atoms with Crippen LogP contribution in [0.1, 0.15) is 61.0 Å². The lowest BCUT2D eigenvalue weighted by molar-refractivity contribution is -0.235. The van der Waals surface area contributed by atoms with Crippen LogP contribution in [-0.2, 0) is 25.5 Å². The molecule has 2 heterocycles. The lowest BCUT2D eigenvalue weighted by atomic mass is 9.44. The predicted molar refractivity (Wildman–Crippen MR) is 156 cm³/mol. The molecule has 0 radical (unpaired) electrons. The summed E-state index contributed by atoms with van der Waals surface area (Å²) in [7, 11) is 0. The molecule has 2 aromatic rings. The highest BCUT2D eigenvalue weighted by Crippen LogP contribution is 2.72. The molecule has 7 rings (SSSR count). The molecule has 1 saturated heterocycles. The molecule has 0 bridgehead atoms. The maximum absolute atomic E-state index is 17.5. The van der Waals surface area contributed by atoms with Gasteiger partial charge in [0.1, 0.15) is 18.6 Å². The van der Waals surface area contributed by atoms with Gasteiger partial charge in [0.25, 0.3) is 0 Å². The largest absolute Gasteiger partial charge is 0.390 e. The average molecular weight is 629 g/mol. The number of fused-ring (bicyclic) bond motifs is 7. The van der Waals surface area contributed by atoms with Crippen molar-refractivity contribution in [1.29, 1.82) is 0 Å². The summed E-state index contributed by atoms with van der Waals surface area (Å²) in [6.45, 7) is 4.27. The van der Waals surface area contributed by atoms with E-state index in [4.69, 9.17) is 9.47 Å². The number of Topliss-reactive ketones (excluding diaryl/α,β-unsaturated/α-hetero) is 1. The van der Waals surface area contributed by atoms with Crippen molar-refractivity contribution < 1.29 is 42.4 Å². The van der Waals surface area contributed by atoms with Gasteiger partial charge in [0.05, 0.1) is 17.1 Å². The summed E-state index contributed by atoms with van der Waals surface area (Å²) in [5, 5.41) is 23.5. The third-order valence-electron chi connectivity index (χ3n) is 11.4. The Kier molecular flexibility index (Phi) is 6.78. The van der Waals surface area contributed by atoms with Gasteiger partial charge in [0.15, 0.2) is 29.1 Å². The van der Waals surface area contributed by atoms with Crippen LogP contribution in [0.4, 0.5) is 13.2 Å². The number of hydrogen-bond acceptors (Lipinski definition) is 7. The summed E-state index contributed by atoms with van der Waals surface area (Å²) in [4.78, 5) is 26.0. The van der Waals surface area contributed by atoms with Crippen LogP contribution in [0.15, 0.2) is 53.4 Å². The molecule has 234 valence electrons. The number of halogens is 3. The van der Waals surface area contributed by atoms with Crippen LogP contribution in [0.5, 0.6) is 0 Å². The van der Waals surface area contributed by atoms with E-state index in [1.54, 1.807) is 12.3 Å². The van der Waals surface area contributed by atoms with Gasteiger partial charge in [0, 0.05) is 28.7 Å². The second kappa shape index (κ2) is 9.93. The number of aliphatic hydroxyl groups excluding tert-OH is 2. The average Bonchev–Trinajstić information content (AvgIpc) is 3.61. The van der Waals surface area contributed by atoms with Crippen LogP contribution in [0.3, 0.4) is 0 Å². The van der Waals surface area contributed by atoms with Crippen molar-refractivity contribution in [3.05, 3.63) is 80.8 Å². The molecule has 44 heavy (non-hydrogen) atoms. The molecule has 1 aromatic carbocycles. The predicted octanol–water partition coefficient (Wildman–Crippen LogP) is 5.43. The van der Waals surface area contributed by atoms with Gasteiger partial charge in [-0.15, -0.1) is 11.3 Å². The normalized spacial score (nSPS) is 42.4. The highest BCUT2D eigenvalue weighted by atomic mass is 32.1. The standard InChI is InChI=1S/C34H35F3O6S/c1-17-5-4-6-18(9-17)10-19-16-44-29(28(19)36)30-42-27-13-21-22-12-24(35)23-11-20(39)7-8-31(23,2)33(22,37)25(40)14-32(21,3)34(27,43-30)26(41)15-38/h4-9,11,16,21-22,24-25,27,30,38,40H,10,12-15H2,1-3H3/t21-,22-,24-,25-,27+,30+,31-,32-,33-,34+/m0/s1. The number of carbonyl (C=O) groups excluding carboxylic acids is 2. The van der Waals surface area contributed by atoms with Crippen LogP contribution >= 0.6 is 11.3 Å². The first-order valence-electron chi connectivity index (χ1n) is 15.0. The van der Waals surface area contributed by atoms with E-state index in [1.165, 1.54) is 19.1 Å². The summed E-state index contributed by atoms with van der Waals surface area (Å²) < 4.78 is 61.9. The number of benzene rings is 1. The molecule has 4 fully saturated rings. The van der Waals surface area contributed by atoms with Crippen molar-refractivity contribution >= 4 is 22.9 Å². The highest BCUT2D eigenvalue weighted by Gasteiger charge is 2.80. The van der Waals surface area contributed by atoms with Crippen LogP contribution in [0.2, 0.25) is 0 Å². The van der Waals surface area contributed by atoms with E-state index in [0.717, 1.165) is 28.5 Å². The van der Waals surface area contributed by atoms with Gasteiger partial charge < -0.3 is 19.7 Å². The van der Waals surface area contributed by atoms with Gasteiger partial charge in [-0.3, -0.25) is 9.59 Å². The minimum atomic E-state index is -2.34. The molecule has 3 saturated carbocycles. The fourth-order valence-electron chi connectivity index (χ4n) is 9.40. The van der Waals surface area contributed by atoms with Crippen molar-refractivity contribution in [1.82, 2.24) is 0 Å². The molecule has 4 aliphatic carbocycles. The van der Waals surface area contributed by atoms with Crippen molar-refractivity contribution in [2.45, 2.75) is 82.4 Å². The first-order valence-corrected chi connectivity index (χ1v) is 15.9.